The number of carbonyl (C=O) groups is 2. The van der Waals surface area contributed by atoms with Gasteiger partial charge in [0.1, 0.15) is 16.9 Å². The second kappa shape index (κ2) is 9.85. The predicted octanol–water partition coefficient (Wildman–Crippen LogP) is 2.80. The molecule has 0 aromatic carbocycles. The number of ether oxygens (including phenoxy) is 3. The quantitative estimate of drug-likeness (QED) is 0.537. The van der Waals surface area contributed by atoms with E-state index in [2.05, 4.69) is 22.1 Å². The van der Waals surface area contributed by atoms with Gasteiger partial charge >= 0.3 is 5.97 Å². The van der Waals surface area contributed by atoms with E-state index in [-0.39, 0.29) is 18.4 Å². The zero-order chi connectivity index (χ0) is 22.6. The van der Waals surface area contributed by atoms with Crippen LogP contribution in [0.2, 0.25) is 0 Å². The number of nitrogens with zero attached hydrogens (tertiary/aromatic N) is 2. The summed E-state index contributed by atoms with van der Waals surface area (Å²) in [6, 6.07) is 3.54. The Morgan fingerprint density at radius 1 is 1.23 bits per heavy atom. The van der Waals surface area contributed by atoms with Gasteiger partial charge in [0.05, 0.1) is 19.3 Å². The van der Waals surface area contributed by atoms with Crippen molar-refractivity contribution in [1.29, 1.82) is 0 Å². The Bertz CT molecular complexity index is 789. The molecule has 1 saturated carbocycles. The van der Waals surface area contributed by atoms with Crippen molar-refractivity contribution >= 4 is 17.6 Å². The van der Waals surface area contributed by atoms with Crippen LogP contribution < -0.4 is 15.0 Å². The van der Waals surface area contributed by atoms with E-state index in [4.69, 9.17) is 14.2 Å². The minimum atomic E-state index is -1.07. The number of nitrogens with one attached hydrogen (secondary N) is 1. The molecule has 1 amide bonds. The molecule has 1 saturated heterocycles. The highest BCUT2D eigenvalue weighted by Gasteiger charge is 2.39. The molecule has 31 heavy (non-hydrogen) atoms. The van der Waals surface area contributed by atoms with E-state index < -0.39 is 17.4 Å². The Kier molecular flexibility index (Phi) is 7.41. The molecule has 8 heteroatoms. The minimum Gasteiger partial charge on any atom is -0.476 e. The first-order valence-corrected chi connectivity index (χ1v) is 11.3. The SMILES string of the molecule is CCOC(=O)C(CC)(CC)NC(=O)c1ccc(N2CC(OC)C2)c(OCC2C[C@@H]2C)n1. The molecule has 0 spiro atoms. The van der Waals surface area contributed by atoms with E-state index in [9.17, 15) is 9.59 Å². The summed E-state index contributed by atoms with van der Waals surface area (Å²) in [5.41, 5.74) is 0.0175. The monoisotopic (exact) mass is 433 g/mol. The molecule has 1 aliphatic heterocycles. The number of esters is 1. The van der Waals surface area contributed by atoms with Crippen molar-refractivity contribution in [2.45, 2.75) is 58.6 Å². The summed E-state index contributed by atoms with van der Waals surface area (Å²) < 4.78 is 16.6. The Morgan fingerprint density at radius 2 is 1.90 bits per heavy atom. The predicted molar refractivity (Wildman–Crippen MR) is 117 cm³/mol. The van der Waals surface area contributed by atoms with E-state index in [1.165, 1.54) is 0 Å². The maximum atomic E-state index is 13.0. The Hall–Kier alpha value is -2.35. The topological polar surface area (TPSA) is 90.0 Å². The van der Waals surface area contributed by atoms with E-state index >= 15 is 0 Å². The lowest BCUT2D eigenvalue weighted by Crippen LogP contribution is -2.54. The number of hydrogen-bond donors (Lipinski definition) is 1. The van der Waals surface area contributed by atoms with Crippen LogP contribution in [0, 0.1) is 11.8 Å². The molecule has 172 valence electrons. The highest BCUT2D eigenvalue weighted by atomic mass is 16.5. The summed E-state index contributed by atoms with van der Waals surface area (Å²) in [7, 11) is 1.71. The van der Waals surface area contributed by atoms with Gasteiger partial charge in [-0.25, -0.2) is 9.78 Å². The third-order valence-electron chi connectivity index (χ3n) is 6.53. The fourth-order valence-electron chi connectivity index (χ4n) is 3.82. The Labute approximate surface area is 184 Å². The number of pyridine rings is 1. The Balaban J connectivity index is 1.79. The zero-order valence-electron chi connectivity index (χ0n) is 19.3. The van der Waals surface area contributed by atoms with Gasteiger partial charge in [-0.2, -0.15) is 0 Å². The number of aromatic nitrogens is 1. The highest BCUT2D eigenvalue weighted by Crippen LogP contribution is 2.39. The van der Waals surface area contributed by atoms with Gasteiger partial charge in [-0.3, -0.25) is 4.79 Å². The molecule has 2 heterocycles. The van der Waals surface area contributed by atoms with Crippen molar-refractivity contribution in [2.24, 2.45) is 11.8 Å². The number of carbonyl (C=O) groups excluding carboxylic acids is 2. The van der Waals surface area contributed by atoms with E-state index in [0.29, 0.717) is 37.2 Å². The lowest BCUT2D eigenvalue weighted by molar-refractivity contribution is -0.151. The van der Waals surface area contributed by atoms with Gasteiger partial charge < -0.3 is 24.4 Å². The van der Waals surface area contributed by atoms with Gasteiger partial charge in [0.15, 0.2) is 0 Å². The molecule has 1 unspecified atom stereocenters. The van der Waals surface area contributed by atoms with Crippen LogP contribution in [0.4, 0.5) is 5.69 Å². The van der Waals surface area contributed by atoms with Crippen molar-refractivity contribution < 1.29 is 23.8 Å². The van der Waals surface area contributed by atoms with Gasteiger partial charge in [0.2, 0.25) is 5.88 Å². The number of hydrogen-bond acceptors (Lipinski definition) is 7. The normalized spacial score (nSPS) is 20.7. The molecule has 2 atom stereocenters. The number of methoxy groups -OCH3 is 1. The third-order valence-corrected chi connectivity index (χ3v) is 6.53. The molecule has 1 aromatic rings. The van der Waals surface area contributed by atoms with Crippen molar-refractivity contribution in [3.63, 3.8) is 0 Å². The second-order valence-corrected chi connectivity index (χ2v) is 8.53. The van der Waals surface area contributed by atoms with Crippen LogP contribution in [0.25, 0.3) is 0 Å². The Morgan fingerprint density at radius 3 is 2.45 bits per heavy atom. The van der Waals surface area contributed by atoms with Crippen molar-refractivity contribution in [3.8, 4) is 5.88 Å². The zero-order valence-corrected chi connectivity index (χ0v) is 19.3. The van der Waals surface area contributed by atoms with Crippen LogP contribution in [0.5, 0.6) is 5.88 Å². The van der Waals surface area contributed by atoms with Crippen LogP contribution in [0.15, 0.2) is 12.1 Å². The van der Waals surface area contributed by atoms with Crippen LogP contribution in [0.1, 0.15) is 57.4 Å². The fraction of sp³-hybridized carbons (Fsp3) is 0.696. The average molecular weight is 434 g/mol. The molecule has 2 aliphatic rings. The lowest BCUT2D eigenvalue weighted by atomic mass is 9.92. The van der Waals surface area contributed by atoms with Gasteiger partial charge in [-0.15, -0.1) is 0 Å². The second-order valence-electron chi connectivity index (χ2n) is 8.53. The molecule has 8 nitrogen and oxygen atoms in total. The molecular formula is C23H35N3O5. The summed E-state index contributed by atoms with van der Waals surface area (Å²) in [5, 5.41) is 2.87. The van der Waals surface area contributed by atoms with Crippen molar-refractivity contribution in [3.05, 3.63) is 17.8 Å². The van der Waals surface area contributed by atoms with E-state index in [1.807, 2.05) is 19.9 Å². The third kappa shape index (κ3) is 5.11. The standard InChI is InChI=1S/C23H35N3O5/c1-6-23(7-2,22(28)30-8-3)25-20(27)18-9-10-19(26-12-17(13-26)29-5)21(24-18)31-14-16-11-15(16)4/h9-10,15-17H,6-8,11-14H2,1-5H3,(H,25,27)/t15-,16?/m0/s1. The first-order chi connectivity index (χ1) is 14.9. The molecule has 0 radical (unpaired) electrons. The number of rotatable bonds is 11. The number of amides is 1. The van der Waals surface area contributed by atoms with Gasteiger partial charge in [-0.05, 0) is 50.2 Å². The van der Waals surface area contributed by atoms with Crippen LogP contribution in [-0.2, 0) is 14.3 Å². The molecular weight excluding hydrogens is 398 g/mol. The van der Waals surface area contributed by atoms with Gasteiger partial charge in [0.25, 0.3) is 5.91 Å². The smallest absolute Gasteiger partial charge is 0.331 e. The van der Waals surface area contributed by atoms with Crippen LogP contribution >= 0.6 is 0 Å². The molecule has 2 fully saturated rings. The summed E-state index contributed by atoms with van der Waals surface area (Å²) in [6.45, 7) is 10.1. The summed E-state index contributed by atoms with van der Waals surface area (Å²) in [4.78, 5) is 32.2. The first-order valence-electron chi connectivity index (χ1n) is 11.3. The van der Waals surface area contributed by atoms with Crippen molar-refractivity contribution in [2.75, 3.05) is 38.3 Å². The van der Waals surface area contributed by atoms with Gasteiger partial charge in [-0.1, -0.05) is 20.8 Å². The molecule has 1 aromatic heterocycles. The van der Waals surface area contributed by atoms with Gasteiger partial charge in [0, 0.05) is 20.2 Å². The highest BCUT2D eigenvalue weighted by molar-refractivity contribution is 5.97. The minimum absolute atomic E-state index is 0.193. The van der Waals surface area contributed by atoms with E-state index in [1.54, 1.807) is 20.1 Å². The lowest BCUT2D eigenvalue weighted by Gasteiger charge is -2.40. The van der Waals surface area contributed by atoms with E-state index in [0.717, 1.165) is 25.2 Å². The fourth-order valence-corrected chi connectivity index (χ4v) is 3.82. The first kappa shape index (κ1) is 23.3. The van der Waals surface area contributed by atoms with Crippen LogP contribution in [-0.4, -0.2) is 61.9 Å². The van der Waals surface area contributed by atoms with Crippen LogP contribution in [0.3, 0.4) is 0 Å². The summed E-state index contributed by atoms with van der Waals surface area (Å²) >= 11 is 0. The average Bonchev–Trinajstić information content (AvgIpc) is 3.45. The molecule has 3 rings (SSSR count). The number of anilines is 1. The van der Waals surface area contributed by atoms with Crippen molar-refractivity contribution in [1.82, 2.24) is 10.3 Å². The maximum Gasteiger partial charge on any atom is 0.331 e. The maximum absolute atomic E-state index is 13.0. The molecule has 1 N–H and O–H groups in total. The molecule has 1 aliphatic carbocycles. The summed E-state index contributed by atoms with van der Waals surface area (Å²) in [6.07, 6.45) is 2.21. The largest absolute Gasteiger partial charge is 0.476 e. The summed E-state index contributed by atoms with van der Waals surface area (Å²) in [5.74, 6) is 0.820. The molecule has 0 bridgehead atoms.